The van der Waals surface area contributed by atoms with E-state index in [9.17, 15) is 4.79 Å². The molecule has 2 aromatic carbocycles. The summed E-state index contributed by atoms with van der Waals surface area (Å²) >= 11 is 0. The summed E-state index contributed by atoms with van der Waals surface area (Å²) in [5.41, 5.74) is 3.64. The Kier molecular flexibility index (Phi) is 3.72. The number of rotatable bonds is 3. The number of hydrogen-bond donors (Lipinski definition) is 1. The van der Waals surface area contributed by atoms with E-state index in [1.165, 1.54) is 0 Å². The second-order valence-electron chi connectivity index (χ2n) is 4.52. The lowest BCUT2D eigenvalue weighted by Gasteiger charge is -2.22. The Morgan fingerprint density at radius 1 is 1.20 bits per heavy atom. The molecule has 0 saturated carbocycles. The zero-order valence-corrected chi connectivity index (χ0v) is 11.3. The van der Waals surface area contributed by atoms with E-state index in [1.807, 2.05) is 31.0 Å². The fourth-order valence-corrected chi connectivity index (χ4v) is 2.06. The number of carbonyl (C=O) groups is 1. The highest BCUT2D eigenvalue weighted by Crippen LogP contribution is 2.27. The van der Waals surface area contributed by atoms with Crippen molar-refractivity contribution in [3.63, 3.8) is 0 Å². The molecule has 0 fully saturated rings. The van der Waals surface area contributed by atoms with Crippen molar-refractivity contribution in [3.8, 4) is 6.07 Å². The first-order chi connectivity index (χ1) is 9.52. The highest BCUT2D eigenvalue weighted by atomic mass is 16.4. The van der Waals surface area contributed by atoms with E-state index >= 15 is 0 Å². The summed E-state index contributed by atoms with van der Waals surface area (Å²) in [4.78, 5) is 12.9. The van der Waals surface area contributed by atoms with E-state index in [4.69, 9.17) is 10.4 Å². The van der Waals surface area contributed by atoms with Crippen molar-refractivity contribution in [2.24, 2.45) is 0 Å². The lowest BCUT2D eigenvalue weighted by atomic mass is 10.1. The number of carboxylic acids is 1. The minimum Gasteiger partial charge on any atom is -0.478 e. The van der Waals surface area contributed by atoms with Crippen LogP contribution in [0, 0.1) is 18.3 Å². The Balaban J connectivity index is 2.35. The molecule has 0 aromatic heterocycles. The van der Waals surface area contributed by atoms with Crippen LogP contribution in [0.25, 0.3) is 0 Å². The van der Waals surface area contributed by atoms with Gasteiger partial charge in [0.2, 0.25) is 0 Å². The fourth-order valence-electron chi connectivity index (χ4n) is 2.06. The molecule has 0 spiro atoms. The van der Waals surface area contributed by atoms with Gasteiger partial charge in [0.05, 0.1) is 17.2 Å². The second-order valence-corrected chi connectivity index (χ2v) is 4.52. The van der Waals surface area contributed by atoms with Gasteiger partial charge in [0.15, 0.2) is 0 Å². The maximum Gasteiger partial charge on any atom is 0.335 e. The number of nitriles is 1. The zero-order valence-electron chi connectivity index (χ0n) is 11.3. The Morgan fingerprint density at radius 2 is 1.85 bits per heavy atom. The van der Waals surface area contributed by atoms with Gasteiger partial charge in [-0.05, 0) is 55.0 Å². The third-order valence-electron chi connectivity index (χ3n) is 3.19. The zero-order chi connectivity index (χ0) is 14.7. The van der Waals surface area contributed by atoms with Gasteiger partial charge in [-0.15, -0.1) is 0 Å². The molecule has 4 heteroatoms. The fraction of sp³-hybridized carbons (Fsp3) is 0.125. The average Bonchev–Trinajstić information content (AvgIpc) is 2.46. The van der Waals surface area contributed by atoms with Gasteiger partial charge in [-0.25, -0.2) is 4.79 Å². The molecule has 0 heterocycles. The van der Waals surface area contributed by atoms with Gasteiger partial charge < -0.3 is 10.0 Å². The SMILES string of the molecule is Cc1cc(C(=O)O)ccc1N(C)c1ccc(C#N)cc1. The quantitative estimate of drug-likeness (QED) is 0.925. The molecule has 20 heavy (non-hydrogen) atoms. The molecule has 4 nitrogen and oxygen atoms in total. The number of aryl methyl sites for hydroxylation is 1. The van der Waals surface area contributed by atoms with Gasteiger partial charge >= 0.3 is 5.97 Å². The van der Waals surface area contributed by atoms with Gasteiger partial charge in [-0.2, -0.15) is 5.26 Å². The predicted octanol–water partition coefficient (Wildman–Crippen LogP) is 3.33. The number of carboxylic acid groups (broad SMARTS) is 1. The highest BCUT2D eigenvalue weighted by Gasteiger charge is 2.10. The monoisotopic (exact) mass is 266 g/mol. The predicted molar refractivity (Wildman–Crippen MR) is 77.4 cm³/mol. The Morgan fingerprint density at radius 3 is 2.35 bits per heavy atom. The Bertz CT molecular complexity index is 685. The minimum absolute atomic E-state index is 0.277. The number of hydrogen-bond acceptors (Lipinski definition) is 3. The summed E-state index contributed by atoms with van der Waals surface area (Å²) in [7, 11) is 1.91. The van der Waals surface area contributed by atoms with Crippen molar-refractivity contribution >= 4 is 17.3 Å². The van der Waals surface area contributed by atoms with Crippen molar-refractivity contribution < 1.29 is 9.90 Å². The van der Waals surface area contributed by atoms with Crippen LogP contribution < -0.4 is 4.90 Å². The molecule has 0 bridgehead atoms. The number of anilines is 2. The normalized spacial score (nSPS) is 9.85. The van der Waals surface area contributed by atoms with E-state index in [-0.39, 0.29) is 5.56 Å². The van der Waals surface area contributed by atoms with Crippen LogP contribution in [0.3, 0.4) is 0 Å². The first-order valence-corrected chi connectivity index (χ1v) is 6.11. The first kappa shape index (κ1) is 13.6. The number of nitrogens with zero attached hydrogens (tertiary/aromatic N) is 2. The molecule has 0 aliphatic heterocycles. The molecule has 2 rings (SSSR count). The van der Waals surface area contributed by atoms with E-state index < -0.39 is 5.97 Å². The molecule has 0 aliphatic rings. The Labute approximate surface area is 117 Å². The maximum atomic E-state index is 10.9. The summed E-state index contributed by atoms with van der Waals surface area (Å²) in [5.74, 6) is -0.930. The highest BCUT2D eigenvalue weighted by molar-refractivity contribution is 5.88. The van der Waals surface area contributed by atoms with Crippen molar-refractivity contribution in [1.82, 2.24) is 0 Å². The molecular formula is C16H14N2O2. The van der Waals surface area contributed by atoms with Crippen LogP contribution in [0.5, 0.6) is 0 Å². The van der Waals surface area contributed by atoms with Crippen molar-refractivity contribution in [3.05, 3.63) is 59.2 Å². The topological polar surface area (TPSA) is 64.3 Å². The van der Waals surface area contributed by atoms with Crippen LogP contribution in [0.2, 0.25) is 0 Å². The summed E-state index contributed by atoms with van der Waals surface area (Å²) in [6, 6.07) is 14.3. The van der Waals surface area contributed by atoms with E-state index in [0.29, 0.717) is 5.56 Å². The summed E-state index contributed by atoms with van der Waals surface area (Å²) in [6.07, 6.45) is 0. The summed E-state index contributed by atoms with van der Waals surface area (Å²) in [5, 5.41) is 17.8. The molecule has 0 radical (unpaired) electrons. The molecular weight excluding hydrogens is 252 g/mol. The third kappa shape index (κ3) is 2.62. The van der Waals surface area contributed by atoms with Crippen molar-refractivity contribution in [2.45, 2.75) is 6.92 Å². The van der Waals surface area contributed by atoms with E-state index in [1.54, 1.807) is 30.3 Å². The molecule has 1 N–H and O–H groups in total. The standard InChI is InChI=1S/C16H14N2O2/c1-11-9-13(16(19)20)5-8-15(11)18(2)14-6-3-12(10-17)4-7-14/h3-9H,1-2H3,(H,19,20). The van der Waals surface area contributed by atoms with Crippen LogP contribution >= 0.6 is 0 Å². The first-order valence-electron chi connectivity index (χ1n) is 6.11. The number of aromatic carboxylic acids is 1. The Hall–Kier alpha value is -2.80. The molecule has 0 amide bonds. The molecule has 2 aromatic rings. The smallest absolute Gasteiger partial charge is 0.335 e. The summed E-state index contributed by atoms with van der Waals surface area (Å²) in [6.45, 7) is 1.88. The van der Waals surface area contributed by atoms with Crippen LogP contribution in [0.4, 0.5) is 11.4 Å². The molecule has 100 valence electrons. The maximum absolute atomic E-state index is 10.9. The van der Waals surface area contributed by atoms with Gasteiger partial charge in [0, 0.05) is 18.4 Å². The van der Waals surface area contributed by atoms with Gasteiger partial charge in [-0.1, -0.05) is 0 Å². The average molecular weight is 266 g/mol. The van der Waals surface area contributed by atoms with Gasteiger partial charge in [0.25, 0.3) is 0 Å². The minimum atomic E-state index is -0.930. The molecule has 0 saturated heterocycles. The van der Waals surface area contributed by atoms with Crippen LogP contribution in [0.15, 0.2) is 42.5 Å². The number of benzene rings is 2. The van der Waals surface area contributed by atoms with Crippen LogP contribution in [0.1, 0.15) is 21.5 Å². The third-order valence-corrected chi connectivity index (χ3v) is 3.19. The van der Waals surface area contributed by atoms with Crippen molar-refractivity contribution in [1.29, 1.82) is 5.26 Å². The largest absolute Gasteiger partial charge is 0.478 e. The van der Waals surface area contributed by atoms with Crippen LogP contribution in [-0.2, 0) is 0 Å². The van der Waals surface area contributed by atoms with Gasteiger partial charge in [0.1, 0.15) is 0 Å². The molecule has 0 aliphatic carbocycles. The second kappa shape index (κ2) is 5.45. The van der Waals surface area contributed by atoms with E-state index in [0.717, 1.165) is 16.9 Å². The van der Waals surface area contributed by atoms with Crippen LogP contribution in [-0.4, -0.2) is 18.1 Å². The molecule has 0 atom stereocenters. The lowest BCUT2D eigenvalue weighted by Crippen LogP contribution is -2.11. The molecule has 0 unspecified atom stereocenters. The lowest BCUT2D eigenvalue weighted by molar-refractivity contribution is 0.0697. The van der Waals surface area contributed by atoms with E-state index in [2.05, 4.69) is 6.07 Å². The summed E-state index contributed by atoms with van der Waals surface area (Å²) < 4.78 is 0. The van der Waals surface area contributed by atoms with Crippen molar-refractivity contribution in [2.75, 3.05) is 11.9 Å². The van der Waals surface area contributed by atoms with Gasteiger partial charge in [-0.3, -0.25) is 0 Å².